The first-order chi connectivity index (χ1) is 11.6. The number of hydrogen-bond acceptors (Lipinski definition) is 3. The lowest BCUT2D eigenvalue weighted by molar-refractivity contribution is -0.140. The van der Waals surface area contributed by atoms with E-state index in [9.17, 15) is 14.4 Å². The van der Waals surface area contributed by atoms with Gasteiger partial charge in [-0.3, -0.25) is 19.8 Å². The molecule has 1 aliphatic carbocycles. The summed E-state index contributed by atoms with van der Waals surface area (Å²) >= 11 is 0. The van der Waals surface area contributed by atoms with Crippen LogP contribution < -0.4 is 15.8 Å². The Bertz CT molecular complexity index is 568. The number of para-hydroxylation sites is 1. The summed E-state index contributed by atoms with van der Waals surface area (Å²) in [6, 6.07) is 8.85. The Morgan fingerprint density at radius 2 is 1.71 bits per heavy atom. The molecule has 0 atom stereocenters. The number of carbonyl (C=O) groups excluding carboxylic acids is 3. The van der Waals surface area contributed by atoms with E-state index in [1.54, 1.807) is 24.3 Å². The molecular formula is C18H25N3O3. The van der Waals surface area contributed by atoms with E-state index in [2.05, 4.69) is 10.7 Å². The third-order valence-electron chi connectivity index (χ3n) is 4.09. The molecule has 6 heteroatoms. The summed E-state index contributed by atoms with van der Waals surface area (Å²) in [6.07, 6.45) is 6.05. The first kappa shape index (κ1) is 18.0. The fourth-order valence-corrected chi connectivity index (χ4v) is 2.82. The SMILES string of the molecule is CCCC(=O)N(NC(=O)C(=O)NC1CCCCC1)c1ccccc1. The molecule has 1 aromatic rings. The molecule has 0 bridgehead atoms. The molecule has 1 saturated carbocycles. The van der Waals surface area contributed by atoms with E-state index in [4.69, 9.17) is 0 Å². The molecule has 0 radical (unpaired) electrons. The molecule has 1 aliphatic rings. The van der Waals surface area contributed by atoms with Crippen LogP contribution in [0.25, 0.3) is 0 Å². The maximum atomic E-state index is 12.3. The second kappa shape index (κ2) is 9.05. The van der Waals surface area contributed by atoms with E-state index in [0.717, 1.165) is 30.7 Å². The van der Waals surface area contributed by atoms with Gasteiger partial charge in [-0.1, -0.05) is 44.4 Å². The van der Waals surface area contributed by atoms with Gasteiger partial charge in [0.2, 0.25) is 5.91 Å². The Kier molecular flexibility index (Phi) is 6.78. The minimum absolute atomic E-state index is 0.0496. The van der Waals surface area contributed by atoms with Crippen LogP contribution in [-0.2, 0) is 14.4 Å². The van der Waals surface area contributed by atoms with Gasteiger partial charge in [-0.2, -0.15) is 0 Å². The number of hydrazine groups is 1. The van der Waals surface area contributed by atoms with Crippen molar-refractivity contribution < 1.29 is 14.4 Å². The summed E-state index contributed by atoms with van der Waals surface area (Å²) in [5.74, 6) is -1.75. The molecule has 0 aliphatic heterocycles. The number of nitrogens with zero attached hydrogens (tertiary/aromatic N) is 1. The van der Waals surface area contributed by atoms with Crippen LogP contribution in [0, 0.1) is 0 Å². The van der Waals surface area contributed by atoms with Gasteiger partial charge in [0.1, 0.15) is 0 Å². The first-order valence-corrected chi connectivity index (χ1v) is 8.61. The van der Waals surface area contributed by atoms with E-state index in [1.165, 1.54) is 6.42 Å². The third-order valence-corrected chi connectivity index (χ3v) is 4.09. The van der Waals surface area contributed by atoms with Gasteiger partial charge in [0.05, 0.1) is 5.69 Å². The van der Waals surface area contributed by atoms with Crippen molar-refractivity contribution in [3.05, 3.63) is 30.3 Å². The molecule has 6 nitrogen and oxygen atoms in total. The van der Waals surface area contributed by atoms with E-state index in [0.29, 0.717) is 18.5 Å². The fraction of sp³-hybridized carbons (Fsp3) is 0.500. The molecule has 24 heavy (non-hydrogen) atoms. The highest BCUT2D eigenvalue weighted by atomic mass is 16.2. The van der Waals surface area contributed by atoms with Gasteiger partial charge in [0.25, 0.3) is 0 Å². The summed E-state index contributed by atoms with van der Waals surface area (Å²) in [6.45, 7) is 1.89. The monoisotopic (exact) mass is 331 g/mol. The molecular weight excluding hydrogens is 306 g/mol. The topological polar surface area (TPSA) is 78.5 Å². The predicted molar refractivity (Wildman–Crippen MR) is 92.0 cm³/mol. The van der Waals surface area contributed by atoms with E-state index in [-0.39, 0.29) is 11.9 Å². The highest BCUT2D eigenvalue weighted by Gasteiger charge is 2.24. The van der Waals surface area contributed by atoms with Gasteiger partial charge in [-0.15, -0.1) is 0 Å². The molecule has 2 N–H and O–H groups in total. The number of carbonyl (C=O) groups is 3. The number of amides is 3. The van der Waals surface area contributed by atoms with E-state index >= 15 is 0 Å². The quantitative estimate of drug-likeness (QED) is 0.656. The summed E-state index contributed by atoms with van der Waals surface area (Å²) < 4.78 is 0. The van der Waals surface area contributed by atoms with Gasteiger partial charge in [0, 0.05) is 12.5 Å². The Hall–Kier alpha value is -2.37. The van der Waals surface area contributed by atoms with Gasteiger partial charge in [0.15, 0.2) is 0 Å². The van der Waals surface area contributed by atoms with Crippen molar-refractivity contribution in [1.29, 1.82) is 0 Å². The van der Waals surface area contributed by atoms with Crippen LogP contribution in [-0.4, -0.2) is 23.8 Å². The lowest BCUT2D eigenvalue weighted by Gasteiger charge is -2.25. The lowest BCUT2D eigenvalue weighted by Crippen LogP contribution is -2.53. The molecule has 2 rings (SSSR count). The molecule has 3 amide bonds. The van der Waals surface area contributed by atoms with E-state index < -0.39 is 11.8 Å². The van der Waals surface area contributed by atoms with Crippen LogP contribution in [0.2, 0.25) is 0 Å². The van der Waals surface area contributed by atoms with Crippen LogP contribution in [0.4, 0.5) is 5.69 Å². The average Bonchev–Trinajstić information content (AvgIpc) is 2.61. The smallest absolute Gasteiger partial charge is 0.328 e. The minimum Gasteiger partial charge on any atom is -0.345 e. The zero-order valence-electron chi connectivity index (χ0n) is 14.1. The second-order valence-electron chi connectivity index (χ2n) is 6.06. The molecule has 0 unspecified atom stereocenters. The van der Waals surface area contributed by atoms with Crippen molar-refractivity contribution in [1.82, 2.24) is 10.7 Å². The highest BCUT2D eigenvalue weighted by molar-refractivity contribution is 6.35. The van der Waals surface area contributed by atoms with Crippen molar-refractivity contribution in [2.45, 2.75) is 57.9 Å². The number of hydrogen-bond donors (Lipinski definition) is 2. The summed E-state index contributed by atoms with van der Waals surface area (Å²) in [5, 5.41) is 3.92. The molecule has 1 aromatic carbocycles. The van der Waals surface area contributed by atoms with Gasteiger partial charge in [-0.05, 0) is 31.4 Å². The fourth-order valence-electron chi connectivity index (χ4n) is 2.82. The second-order valence-corrected chi connectivity index (χ2v) is 6.06. The molecule has 0 saturated heterocycles. The van der Waals surface area contributed by atoms with Crippen LogP contribution in [0.1, 0.15) is 51.9 Å². The normalized spacial score (nSPS) is 14.7. The minimum atomic E-state index is -0.811. The number of rotatable bonds is 4. The highest BCUT2D eigenvalue weighted by Crippen LogP contribution is 2.17. The van der Waals surface area contributed by atoms with Gasteiger partial charge >= 0.3 is 11.8 Å². The number of nitrogens with one attached hydrogen (secondary N) is 2. The maximum absolute atomic E-state index is 12.3. The van der Waals surface area contributed by atoms with Crippen LogP contribution >= 0.6 is 0 Å². The van der Waals surface area contributed by atoms with Crippen molar-refractivity contribution in [2.24, 2.45) is 0 Å². The van der Waals surface area contributed by atoms with Crippen LogP contribution in [0.15, 0.2) is 30.3 Å². The van der Waals surface area contributed by atoms with Crippen molar-refractivity contribution >= 4 is 23.4 Å². The molecule has 0 spiro atoms. The Labute approximate surface area is 142 Å². The van der Waals surface area contributed by atoms with Crippen molar-refractivity contribution in [3.63, 3.8) is 0 Å². The molecule has 0 heterocycles. The van der Waals surface area contributed by atoms with Crippen molar-refractivity contribution in [3.8, 4) is 0 Å². The van der Waals surface area contributed by atoms with Crippen LogP contribution in [0.3, 0.4) is 0 Å². The third kappa shape index (κ3) is 5.08. The molecule has 130 valence electrons. The number of anilines is 1. The zero-order chi connectivity index (χ0) is 17.4. The Morgan fingerprint density at radius 3 is 2.33 bits per heavy atom. The van der Waals surface area contributed by atoms with Crippen molar-refractivity contribution in [2.75, 3.05) is 5.01 Å². The van der Waals surface area contributed by atoms with Crippen LogP contribution in [0.5, 0.6) is 0 Å². The average molecular weight is 331 g/mol. The summed E-state index contributed by atoms with van der Waals surface area (Å²) in [7, 11) is 0. The predicted octanol–water partition coefficient (Wildman–Crippen LogP) is 2.30. The summed E-state index contributed by atoms with van der Waals surface area (Å²) in [5.41, 5.74) is 2.98. The molecule has 1 fully saturated rings. The Balaban J connectivity index is 2.00. The summed E-state index contributed by atoms with van der Waals surface area (Å²) in [4.78, 5) is 36.6. The van der Waals surface area contributed by atoms with Gasteiger partial charge in [-0.25, -0.2) is 5.01 Å². The van der Waals surface area contributed by atoms with E-state index in [1.807, 2.05) is 13.0 Å². The largest absolute Gasteiger partial charge is 0.345 e. The zero-order valence-corrected chi connectivity index (χ0v) is 14.1. The number of benzene rings is 1. The van der Waals surface area contributed by atoms with Gasteiger partial charge < -0.3 is 5.32 Å². The standard InChI is InChI=1S/C18H25N3O3/c1-2-9-16(22)21(15-12-7-4-8-13-15)20-18(24)17(23)19-14-10-5-3-6-11-14/h4,7-8,12-14H,2-3,5-6,9-11H2,1H3,(H,19,23)(H,20,24). The Morgan fingerprint density at radius 1 is 1.04 bits per heavy atom. The first-order valence-electron chi connectivity index (χ1n) is 8.61. The lowest BCUT2D eigenvalue weighted by atomic mass is 9.95. The molecule has 0 aromatic heterocycles. The maximum Gasteiger partial charge on any atom is 0.328 e.